The van der Waals surface area contributed by atoms with Crippen molar-refractivity contribution in [3.63, 3.8) is 0 Å². The summed E-state index contributed by atoms with van der Waals surface area (Å²) in [5.74, 6) is 0.714. The summed E-state index contributed by atoms with van der Waals surface area (Å²) in [6, 6.07) is 5.02. The van der Waals surface area contributed by atoms with Crippen LogP contribution in [0.25, 0.3) is 0 Å². The third-order valence-electron chi connectivity index (χ3n) is 3.74. The lowest BCUT2D eigenvalue weighted by Gasteiger charge is -2.19. The van der Waals surface area contributed by atoms with E-state index in [2.05, 4.69) is 4.72 Å². The van der Waals surface area contributed by atoms with Gasteiger partial charge in [-0.2, -0.15) is 0 Å². The molecule has 0 saturated heterocycles. The quantitative estimate of drug-likeness (QED) is 0.841. The maximum Gasteiger partial charge on any atom is 0.240 e. The van der Waals surface area contributed by atoms with Gasteiger partial charge in [0.15, 0.2) is 0 Å². The summed E-state index contributed by atoms with van der Waals surface area (Å²) in [7, 11) is -3.63. The van der Waals surface area contributed by atoms with Crippen LogP contribution in [-0.4, -0.2) is 31.8 Å². The van der Waals surface area contributed by atoms with E-state index >= 15 is 0 Å². The first-order valence-corrected chi connectivity index (χ1v) is 9.15. The highest BCUT2D eigenvalue weighted by atomic mass is 32.2. The van der Waals surface area contributed by atoms with Gasteiger partial charge >= 0.3 is 0 Å². The smallest absolute Gasteiger partial charge is 0.240 e. The van der Waals surface area contributed by atoms with Gasteiger partial charge < -0.3 is 9.84 Å². The van der Waals surface area contributed by atoms with Crippen LogP contribution in [0.1, 0.15) is 45.1 Å². The van der Waals surface area contributed by atoms with Crippen molar-refractivity contribution in [1.82, 2.24) is 4.72 Å². The van der Waals surface area contributed by atoms with Crippen LogP contribution in [0.4, 0.5) is 0 Å². The van der Waals surface area contributed by atoms with Crippen LogP contribution < -0.4 is 9.46 Å². The minimum atomic E-state index is -3.63. The number of benzene rings is 1. The molecule has 2 N–H and O–H groups in total. The highest BCUT2D eigenvalue weighted by Gasteiger charge is 2.22. The van der Waals surface area contributed by atoms with Crippen molar-refractivity contribution in [3.8, 4) is 5.75 Å². The molecule has 0 heterocycles. The predicted octanol–water partition coefficient (Wildman–Crippen LogP) is 2.37. The monoisotopic (exact) mass is 327 g/mol. The zero-order valence-electron chi connectivity index (χ0n) is 13.4. The third-order valence-corrected chi connectivity index (χ3v) is 5.30. The molecule has 124 valence electrons. The number of nitrogens with one attached hydrogen (secondary N) is 1. The number of sulfonamides is 1. The molecule has 1 aromatic carbocycles. The van der Waals surface area contributed by atoms with Gasteiger partial charge in [0.25, 0.3) is 0 Å². The first-order valence-electron chi connectivity index (χ1n) is 7.67. The van der Waals surface area contributed by atoms with E-state index in [1.807, 2.05) is 0 Å². The average Bonchev–Trinajstić information content (AvgIpc) is 2.88. The van der Waals surface area contributed by atoms with Gasteiger partial charge in [-0.05, 0) is 70.2 Å². The summed E-state index contributed by atoms with van der Waals surface area (Å²) in [6.45, 7) is 4.83. The second-order valence-corrected chi connectivity index (χ2v) is 8.32. The van der Waals surface area contributed by atoms with Crippen LogP contribution in [0, 0.1) is 6.92 Å². The Morgan fingerprint density at radius 3 is 2.50 bits per heavy atom. The van der Waals surface area contributed by atoms with E-state index in [0.29, 0.717) is 11.3 Å². The van der Waals surface area contributed by atoms with E-state index < -0.39 is 15.6 Å². The molecule has 0 unspecified atom stereocenters. The van der Waals surface area contributed by atoms with E-state index in [9.17, 15) is 13.5 Å². The fourth-order valence-corrected chi connectivity index (χ4v) is 3.97. The van der Waals surface area contributed by atoms with Crippen LogP contribution in [0.5, 0.6) is 5.75 Å². The van der Waals surface area contributed by atoms with Gasteiger partial charge in [-0.15, -0.1) is 0 Å². The fourth-order valence-electron chi connectivity index (χ4n) is 2.54. The van der Waals surface area contributed by atoms with Gasteiger partial charge in [0.05, 0.1) is 16.6 Å². The third kappa shape index (κ3) is 4.69. The van der Waals surface area contributed by atoms with Crippen molar-refractivity contribution < 1.29 is 18.3 Å². The van der Waals surface area contributed by atoms with E-state index in [0.717, 1.165) is 12.8 Å². The highest BCUT2D eigenvalue weighted by Crippen LogP contribution is 2.26. The van der Waals surface area contributed by atoms with Gasteiger partial charge in [-0.25, -0.2) is 13.1 Å². The minimum absolute atomic E-state index is 0.0326. The number of aryl methyl sites for hydroxylation is 1. The van der Waals surface area contributed by atoms with Crippen molar-refractivity contribution in [2.24, 2.45) is 0 Å². The summed E-state index contributed by atoms with van der Waals surface area (Å²) >= 11 is 0. The second kappa shape index (κ2) is 6.56. The van der Waals surface area contributed by atoms with Gasteiger partial charge in [-0.3, -0.25) is 0 Å². The molecular weight excluding hydrogens is 302 g/mol. The summed E-state index contributed by atoms with van der Waals surface area (Å²) in [5, 5.41) is 9.65. The molecule has 0 spiro atoms. The lowest BCUT2D eigenvalue weighted by Crippen LogP contribution is -2.38. The maximum atomic E-state index is 12.3. The molecule has 0 bridgehead atoms. The molecule has 2 rings (SSSR count). The largest absolute Gasteiger partial charge is 0.490 e. The Bertz CT molecular complexity index is 614. The average molecular weight is 327 g/mol. The molecular formula is C16H25NO4S. The number of hydrogen-bond acceptors (Lipinski definition) is 4. The molecule has 6 heteroatoms. The number of rotatable bonds is 6. The van der Waals surface area contributed by atoms with E-state index in [1.54, 1.807) is 39.0 Å². The number of ether oxygens (including phenoxy) is 1. The molecule has 0 amide bonds. The summed E-state index contributed by atoms with van der Waals surface area (Å²) in [4.78, 5) is 0.218. The standard InChI is InChI=1S/C16H25NO4S/c1-12-10-14(21-13-6-4-5-7-13)8-9-15(12)22(19,20)17-11-16(2,3)18/h8-10,13,17-18H,4-7,11H2,1-3H3. The summed E-state index contributed by atoms with van der Waals surface area (Å²) < 4.78 is 32.9. The lowest BCUT2D eigenvalue weighted by molar-refractivity contribution is 0.0857. The van der Waals surface area contributed by atoms with Crippen LogP contribution in [0.15, 0.2) is 23.1 Å². The van der Waals surface area contributed by atoms with Gasteiger partial charge in [-0.1, -0.05) is 0 Å². The summed E-state index contributed by atoms with van der Waals surface area (Å²) in [6.07, 6.45) is 4.75. The maximum absolute atomic E-state index is 12.3. The predicted molar refractivity (Wildman–Crippen MR) is 85.5 cm³/mol. The van der Waals surface area contributed by atoms with Crippen molar-refractivity contribution in [1.29, 1.82) is 0 Å². The van der Waals surface area contributed by atoms with Crippen molar-refractivity contribution in [2.45, 2.75) is 63.1 Å². The van der Waals surface area contributed by atoms with Crippen LogP contribution in [0.3, 0.4) is 0 Å². The normalized spacial score (nSPS) is 16.9. The molecule has 0 atom stereocenters. The number of hydrogen-bond donors (Lipinski definition) is 2. The van der Waals surface area contributed by atoms with Crippen LogP contribution in [-0.2, 0) is 10.0 Å². The topological polar surface area (TPSA) is 75.6 Å². The summed E-state index contributed by atoms with van der Waals surface area (Å²) in [5.41, 5.74) is -0.453. The zero-order chi connectivity index (χ0) is 16.4. The Morgan fingerprint density at radius 1 is 1.32 bits per heavy atom. The van der Waals surface area contributed by atoms with Crippen molar-refractivity contribution in [2.75, 3.05) is 6.54 Å². The molecule has 1 aromatic rings. The SMILES string of the molecule is Cc1cc(OC2CCCC2)ccc1S(=O)(=O)NCC(C)(C)O. The first-order chi connectivity index (χ1) is 10.2. The van der Waals surface area contributed by atoms with Crippen LogP contribution in [0.2, 0.25) is 0 Å². The first kappa shape index (κ1) is 17.2. The highest BCUT2D eigenvalue weighted by molar-refractivity contribution is 7.89. The van der Waals surface area contributed by atoms with Crippen LogP contribution >= 0.6 is 0 Å². The van der Waals surface area contributed by atoms with Crippen molar-refractivity contribution in [3.05, 3.63) is 23.8 Å². The minimum Gasteiger partial charge on any atom is -0.490 e. The molecule has 0 radical (unpaired) electrons. The zero-order valence-corrected chi connectivity index (χ0v) is 14.2. The van der Waals surface area contributed by atoms with Gasteiger partial charge in [0.1, 0.15) is 5.75 Å². The molecule has 5 nitrogen and oxygen atoms in total. The molecule has 0 aliphatic heterocycles. The second-order valence-electron chi connectivity index (χ2n) is 6.59. The van der Waals surface area contributed by atoms with Gasteiger partial charge in [0, 0.05) is 6.54 Å². The Balaban J connectivity index is 2.11. The van der Waals surface area contributed by atoms with E-state index in [1.165, 1.54) is 12.8 Å². The molecule has 1 aliphatic rings. The lowest BCUT2D eigenvalue weighted by atomic mass is 10.1. The Labute approximate surface area is 132 Å². The molecule has 22 heavy (non-hydrogen) atoms. The number of aliphatic hydroxyl groups is 1. The van der Waals surface area contributed by atoms with E-state index in [-0.39, 0.29) is 17.5 Å². The molecule has 1 aliphatic carbocycles. The molecule has 0 aromatic heterocycles. The Hall–Kier alpha value is -1.11. The molecule has 1 saturated carbocycles. The fraction of sp³-hybridized carbons (Fsp3) is 0.625. The van der Waals surface area contributed by atoms with E-state index in [4.69, 9.17) is 4.74 Å². The van der Waals surface area contributed by atoms with Gasteiger partial charge in [0.2, 0.25) is 10.0 Å². The van der Waals surface area contributed by atoms with Crippen molar-refractivity contribution >= 4 is 10.0 Å². The Morgan fingerprint density at radius 2 is 1.95 bits per heavy atom. The Kier molecular flexibility index (Phi) is 5.14. The molecule has 1 fully saturated rings.